The van der Waals surface area contributed by atoms with Gasteiger partial charge < -0.3 is 14.6 Å². The van der Waals surface area contributed by atoms with Gasteiger partial charge in [-0.1, -0.05) is 18.2 Å². The van der Waals surface area contributed by atoms with Crippen molar-refractivity contribution < 1.29 is 29.0 Å². The maximum atomic E-state index is 11.6. The van der Waals surface area contributed by atoms with E-state index in [1.807, 2.05) is 0 Å². The van der Waals surface area contributed by atoms with Crippen molar-refractivity contribution in [2.45, 2.75) is 12.8 Å². The van der Waals surface area contributed by atoms with E-state index in [2.05, 4.69) is 9.47 Å². The van der Waals surface area contributed by atoms with Crippen molar-refractivity contribution in [2.24, 2.45) is 5.92 Å². The third-order valence-corrected chi connectivity index (χ3v) is 2.88. The topological polar surface area (TPSA) is 89.9 Å². The Labute approximate surface area is 116 Å². The molecule has 0 aliphatic heterocycles. The smallest absolute Gasteiger partial charge is 0.338 e. The molecule has 1 aromatic carbocycles. The molecule has 0 aliphatic carbocycles. The first kappa shape index (κ1) is 15.7. The highest BCUT2D eigenvalue weighted by Crippen LogP contribution is 2.18. The van der Waals surface area contributed by atoms with E-state index in [-0.39, 0.29) is 12.8 Å². The van der Waals surface area contributed by atoms with Crippen LogP contribution in [-0.2, 0) is 25.5 Å². The maximum Gasteiger partial charge on any atom is 0.338 e. The predicted octanol–water partition coefficient (Wildman–Crippen LogP) is 1.28. The lowest BCUT2D eigenvalue weighted by Crippen LogP contribution is -2.22. The Kier molecular flexibility index (Phi) is 5.71. The Bertz CT molecular complexity index is 508. The molecule has 1 aromatic rings. The molecular weight excluding hydrogens is 264 g/mol. The van der Waals surface area contributed by atoms with E-state index in [9.17, 15) is 14.4 Å². The lowest BCUT2D eigenvalue weighted by molar-refractivity contribution is -0.149. The number of carboxylic acid groups (broad SMARTS) is 1. The average molecular weight is 280 g/mol. The largest absolute Gasteiger partial charge is 0.481 e. The van der Waals surface area contributed by atoms with Gasteiger partial charge in [-0.15, -0.1) is 0 Å². The van der Waals surface area contributed by atoms with Gasteiger partial charge >= 0.3 is 17.9 Å². The number of aliphatic carboxylic acids is 1. The number of methoxy groups -OCH3 is 2. The number of benzene rings is 1. The molecule has 20 heavy (non-hydrogen) atoms. The summed E-state index contributed by atoms with van der Waals surface area (Å²) in [6, 6.07) is 6.54. The fourth-order valence-corrected chi connectivity index (χ4v) is 1.80. The van der Waals surface area contributed by atoms with Gasteiger partial charge in [0, 0.05) is 0 Å². The Balaban J connectivity index is 2.97. The molecule has 0 aliphatic rings. The van der Waals surface area contributed by atoms with Crippen LogP contribution in [0, 0.1) is 5.92 Å². The number of esters is 2. The standard InChI is InChI=1S/C14H16O6/c1-19-12(15)8-10(13(16)17)7-9-5-3-4-6-11(9)14(18)20-2/h3-6,10H,7-8H2,1-2H3,(H,16,17). The Morgan fingerprint density at radius 3 is 2.35 bits per heavy atom. The first-order valence-electron chi connectivity index (χ1n) is 5.95. The second-order valence-corrected chi connectivity index (χ2v) is 4.17. The normalized spacial score (nSPS) is 11.5. The van der Waals surface area contributed by atoms with E-state index in [4.69, 9.17) is 5.11 Å². The summed E-state index contributed by atoms with van der Waals surface area (Å²) in [4.78, 5) is 34.0. The van der Waals surface area contributed by atoms with E-state index >= 15 is 0 Å². The SMILES string of the molecule is COC(=O)CC(Cc1ccccc1C(=O)OC)C(=O)O. The molecule has 1 unspecified atom stereocenters. The van der Waals surface area contributed by atoms with Gasteiger partial charge in [0.15, 0.2) is 0 Å². The summed E-state index contributed by atoms with van der Waals surface area (Å²) >= 11 is 0. The quantitative estimate of drug-likeness (QED) is 0.789. The number of rotatable bonds is 6. The van der Waals surface area contributed by atoms with E-state index < -0.39 is 23.8 Å². The van der Waals surface area contributed by atoms with Crippen LogP contribution < -0.4 is 0 Å². The number of hydrogen-bond acceptors (Lipinski definition) is 5. The molecule has 0 saturated carbocycles. The van der Waals surface area contributed by atoms with Gasteiger partial charge in [0.05, 0.1) is 32.1 Å². The van der Waals surface area contributed by atoms with Crippen LogP contribution in [0.15, 0.2) is 24.3 Å². The molecule has 1 atom stereocenters. The van der Waals surface area contributed by atoms with Crippen molar-refractivity contribution in [3.63, 3.8) is 0 Å². The zero-order chi connectivity index (χ0) is 15.1. The van der Waals surface area contributed by atoms with Crippen LogP contribution in [0.5, 0.6) is 0 Å². The molecular formula is C14H16O6. The minimum absolute atomic E-state index is 0.0513. The van der Waals surface area contributed by atoms with Gasteiger partial charge in [-0.2, -0.15) is 0 Å². The van der Waals surface area contributed by atoms with Gasteiger partial charge in [0.1, 0.15) is 0 Å². The van der Waals surface area contributed by atoms with Crippen LogP contribution in [0.2, 0.25) is 0 Å². The Morgan fingerprint density at radius 1 is 1.15 bits per heavy atom. The minimum Gasteiger partial charge on any atom is -0.481 e. The molecule has 0 radical (unpaired) electrons. The lowest BCUT2D eigenvalue weighted by Gasteiger charge is -2.13. The third-order valence-electron chi connectivity index (χ3n) is 2.88. The highest BCUT2D eigenvalue weighted by Gasteiger charge is 2.24. The minimum atomic E-state index is -1.12. The number of ether oxygens (including phenoxy) is 2. The van der Waals surface area contributed by atoms with Gasteiger partial charge in [-0.25, -0.2) is 4.79 Å². The molecule has 6 heteroatoms. The van der Waals surface area contributed by atoms with Crippen LogP contribution in [0.3, 0.4) is 0 Å². The van der Waals surface area contributed by atoms with Crippen molar-refractivity contribution in [1.82, 2.24) is 0 Å². The number of hydrogen-bond donors (Lipinski definition) is 1. The number of carbonyl (C=O) groups excluding carboxylic acids is 2. The molecule has 0 spiro atoms. The van der Waals surface area contributed by atoms with E-state index in [0.29, 0.717) is 11.1 Å². The fraction of sp³-hybridized carbons (Fsp3) is 0.357. The van der Waals surface area contributed by atoms with E-state index in [1.54, 1.807) is 24.3 Å². The van der Waals surface area contributed by atoms with Crippen LogP contribution in [-0.4, -0.2) is 37.2 Å². The summed E-state index contributed by atoms with van der Waals surface area (Å²) in [6.07, 6.45) is -0.197. The van der Waals surface area contributed by atoms with Crippen LogP contribution in [0.1, 0.15) is 22.3 Å². The summed E-state index contributed by atoms with van der Waals surface area (Å²) in [5.41, 5.74) is 0.821. The molecule has 0 saturated heterocycles. The number of carboxylic acids is 1. The highest BCUT2D eigenvalue weighted by molar-refractivity contribution is 5.91. The Morgan fingerprint density at radius 2 is 1.80 bits per heavy atom. The fourth-order valence-electron chi connectivity index (χ4n) is 1.80. The third kappa shape index (κ3) is 4.08. The van der Waals surface area contributed by atoms with Gasteiger partial charge in [-0.05, 0) is 18.1 Å². The molecule has 108 valence electrons. The first-order chi connectivity index (χ1) is 9.49. The molecule has 0 aromatic heterocycles. The van der Waals surface area contributed by atoms with E-state index in [0.717, 1.165) is 0 Å². The van der Waals surface area contributed by atoms with Gasteiger partial charge in [0.2, 0.25) is 0 Å². The van der Waals surface area contributed by atoms with Crippen LogP contribution >= 0.6 is 0 Å². The molecule has 0 bridgehead atoms. The molecule has 1 rings (SSSR count). The summed E-state index contributed by atoms with van der Waals surface area (Å²) in [6.45, 7) is 0. The summed E-state index contributed by atoms with van der Waals surface area (Å²) < 4.78 is 9.12. The summed E-state index contributed by atoms with van der Waals surface area (Å²) in [7, 11) is 2.45. The zero-order valence-electron chi connectivity index (χ0n) is 11.3. The molecule has 1 N–H and O–H groups in total. The zero-order valence-corrected chi connectivity index (χ0v) is 11.3. The summed E-state index contributed by atoms with van der Waals surface area (Å²) in [5, 5.41) is 9.14. The molecule has 0 heterocycles. The van der Waals surface area contributed by atoms with Crippen molar-refractivity contribution in [3.05, 3.63) is 35.4 Å². The Hall–Kier alpha value is -2.37. The van der Waals surface area contributed by atoms with Gasteiger partial charge in [0.25, 0.3) is 0 Å². The average Bonchev–Trinajstić information content (AvgIpc) is 2.45. The van der Waals surface area contributed by atoms with Crippen LogP contribution in [0.25, 0.3) is 0 Å². The predicted molar refractivity (Wildman–Crippen MR) is 69.2 cm³/mol. The van der Waals surface area contributed by atoms with Crippen molar-refractivity contribution in [1.29, 1.82) is 0 Å². The second-order valence-electron chi connectivity index (χ2n) is 4.17. The summed E-state index contributed by atoms with van der Waals surface area (Å²) in [5.74, 6) is -3.21. The lowest BCUT2D eigenvalue weighted by atomic mass is 9.93. The van der Waals surface area contributed by atoms with E-state index in [1.165, 1.54) is 14.2 Å². The van der Waals surface area contributed by atoms with Crippen molar-refractivity contribution in [3.8, 4) is 0 Å². The molecule has 0 amide bonds. The first-order valence-corrected chi connectivity index (χ1v) is 5.95. The molecule has 0 fully saturated rings. The van der Waals surface area contributed by atoms with Crippen LogP contribution in [0.4, 0.5) is 0 Å². The highest BCUT2D eigenvalue weighted by atomic mass is 16.5. The molecule has 6 nitrogen and oxygen atoms in total. The van der Waals surface area contributed by atoms with Crippen molar-refractivity contribution >= 4 is 17.9 Å². The van der Waals surface area contributed by atoms with Gasteiger partial charge in [-0.3, -0.25) is 9.59 Å². The van der Waals surface area contributed by atoms with Crippen molar-refractivity contribution in [2.75, 3.05) is 14.2 Å². The second kappa shape index (κ2) is 7.28. The number of carbonyl (C=O) groups is 3. The monoisotopic (exact) mass is 280 g/mol. The maximum absolute atomic E-state index is 11.6.